The van der Waals surface area contributed by atoms with E-state index in [4.69, 9.17) is 0 Å². The lowest BCUT2D eigenvalue weighted by molar-refractivity contribution is -0.173. The SMILES string of the molecule is CC(C)(CNC(=O)C(F)(F)F)c1cccc(F)c1. The Bertz CT molecular complexity index is 440. The van der Waals surface area contributed by atoms with Gasteiger partial charge in [0, 0.05) is 12.0 Å². The molecule has 0 radical (unpaired) electrons. The first kappa shape index (κ1) is 14.5. The number of carbonyl (C=O) groups is 1. The van der Waals surface area contributed by atoms with Crippen molar-refractivity contribution in [1.82, 2.24) is 5.32 Å². The lowest BCUT2D eigenvalue weighted by atomic mass is 9.84. The summed E-state index contributed by atoms with van der Waals surface area (Å²) >= 11 is 0. The second-order valence-corrected chi connectivity index (χ2v) is 4.57. The van der Waals surface area contributed by atoms with E-state index in [1.807, 2.05) is 0 Å². The Morgan fingerprint density at radius 2 is 1.89 bits per heavy atom. The fraction of sp³-hybridized carbons (Fsp3) is 0.417. The summed E-state index contributed by atoms with van der Waals surface area (Å²) in [6.07, 6.45) is -4.90. The average molecular weight is 263 g/mol. The van der Waals surface area contributed by atoms with Crippen LogP contribution in [-0.2, 0) is 10.2 Å². The standard InChI is InChI=1S/C12H13F4NO/c1-11(2,7-17-10(18)12(14,15)16)8-4-3-5-9(13)6-8/h3-6H,7H2,1-2H3,(H,17,18). The molecule has 1 amide bonds. The number of hydrogen-bond donors (Lipinski definition) is 1. The summed E-state index contributed by atoms with van der Waals surface area (Å²) in [5.41, 5.74) is -0.270. The normalized spacial score (nSPS) is 12.3. The molecule has 6 heteroatoms. The Labute approximate surface area is 102 Å². The highest BCUT2D eigenvalue weighted by molar-refractivity contribution is 5.81. The van der Waals surface area contributed by atoms with Crippen molar-refractivity contribution < 1.29 is 22.4 Å². The van der Waals surface area contributed by atoms with E-state index >= 15 is 0 Å². The highest BCUT2D eigenvalue weighted by Gasteiger charge is 2.39. The third-order valence-corrected chi connectivity index (χ3v) is 2.55. The summed E-state index contributed by atoms with van der Waals surface area (Å²) in [4.78, 5) is 10.7. The van der Waals surface area contributed by atoms with E-state index in [1.54, 1.807) is 25.2 Å². The molecule has 0 fully saturated rings. The zero-order chi connectivity index (χ0) is 14.0. The molecular formula is C12H13F4NO. The van der Waals surface area contributed by atoms with Crippen molar-refractivity contribution in [2.75, 3.05) is 6.54 Å². The van der Waals surface area contributed by atoms with Gasteiger partial charge in [0.05, 0.1) is 0 Å². The zero-order valence-corrected chi connectivity index (χ0v) is 9.94. The molecule has 0 aliphatic heterocycles. The van der Waals surface area contributed by atoms with Crippen LogP contribution in [0.25, 0.3) is 0 Å². The molecule has 18 heavy (non-hydrogen) atoms. The van der Waals surface area contributed by atoms with Crippen LogP contribution in [0.15, 0.2) is 24.3 Å². The second-order valence-electron chi connectivity index (χ2n) is 4.57. The molecule has 0 atom stereocenters. The summed E-state index contributed by atoms with van der Waals surface area (Å²) < 4.78 is 49.1. The maximum Gasteiger partial charge on any atom is 0.471 e. The van der Waals surface area contributed by atoms with E-state index in [1.165, 1.54) is 18.2 Å². The summed E-state index contributed by atoms with van der Waals surface area (Å²) in [5, 5.41) is 1.79. The topological polar surface area (TPSA) is 29.1 Å². The number of rotatable bonds is 3. The Hall–Kier alpha value is -1.59. The third kappa shape index (κ3) is 3.72. The lowest BCUT2D eigenvalue weighted by Crippen LogP contribution is -2.43. The highest BCUT2D eigenvalue weighted by Crippen LogP contribution is 2.23. The van der Waals surface area contributed by atoms with E-state index in [0.29, 0.717) is 5.56 Å². The van der Waals surface area contributed by atoms with Crippen LogP contribution in [0.3, 0.4) is 0 Å². The van der Waals surface area contributed by atoms with E-state index in [-0.39, 0.29) is 6.54 Å². The number of halogens is 4. The van der Waals surface area contributed by atoms with Gasteiger partial charge in [-0.25, -0.2) is 4.39 Å². The number of hydrogen-bond acceptors (Lipinski definition) is 1. The van der Waals surface area contributed by atoms with Crippen molar-refractivity contribution in [3.8, 4) is 0 Å². The molecule has 0 spiro atoms. The summed E-state index contributed by atoms with van der Waals surface area (Å²) in [5.74, 6) is -2.46. The van der Waals surface area contributed by atoms with Gasteiger partial charge < -0.3 is 5.32 Å². The fourth-order valence-corrected chi connectivity index (χ4v) is 1.41. The van der Waals surface area contributed by atoms with Gasteiger partial charge in [0.1, 0.15) is 5.82 Å². The van der Waals surface area contributed by atoms with Crippen molar-refractivity contribution in [2.45, 2.75) is 25.4 Å². The number of amides is 1. The number of carbonyl (C=O) groups excluding carboxylic acids is 1. The maximum atomic E-state index is 13.0. The Morgan fingerprint density at radius 3 is 2.39 bits per heavy atom. The van der Waals surface area contributed by atoms with E-state index in [9.17, 15) is 22.4 Å². The number of alkyl halides is 3. The van der Waals surface area contributed by atoms with Crippen molar-refractivity contribution in [2.24, 2.45) is 0 Å². The lowest BCUT2D eigenvalue weighted by Gasteiger charge is -2.25. The van der Waals surface area contributed by atoms with Gasteiger partial charge in [0.25, 0.3) is 0 Å². The van der Waals surface area contributed by atoms with Crippen LogP contribution in [0.1, 0.15) is 19.4 Å². The molecule has 0 aliphatic carbocycles. The van der Waals surface area contributed by atoms with Gasteiger partial charge in [-0.2, -0.15) is 13.2 Å². The van der Waals surface area contributed by atoms with Gasteiger partial charge >= 0.3 is 12.1 Å². The van der Waals surface area contributed by atoms with Crippen molar-refractivity contribution in [3.63, 3.8) is 0 Å². The first-order valence-electron chi connectivity index (χ1n) is 5.24. The van der Waals surface area contributed by atoms with Gasteiger partial charge in [0.2, 0.25) is 0 Å². The quantitative estimate of drug-likeness (QED) is 0.835. The van der Waals surface area contributed by atoms with Gasteiger partial charge in [-0.05, 0) is 17.7 Å². The Balaban J connectivity index is 2.74. The van der Waals surface area contributed by atoms with Gasteiger partial charge in [-0.15, -0.1) is 0 Å². The molecule has 0 aliphatic rings. The summed E-state index contributed by atoms with van der Waals surface area (Å²) in [6, 6.07) is 5.55. The van der Waals surface area contributed by atoms with Crippen LogP contribution in [0.2, 0.25) is 0 Å². The third-order valence-electron chi connectivity index (χ3n) is 2.55. The molecule has 1 aromatic rings. The Kier molecular flexibility index (Phi) is 3.98. The highest BCUT2D eigenvalue weighted by atomic mass is 19.4. The molecule has 0 saturated carbocycles. The first-order chi connectivity index (χ1) is 8.13. The maximum absolute atomic E-state index is 13.0. The second kappa shape index (κ2) is 4.96. The van der Waals surface area contributed by atoms with E-state index in [0.717, 1.165) is 0 Å². The van der Waals surface area contributed by atoms with Crippen molar-refractivity contribution >= 4 is 5.91 Å². The summed E-state index contributed by atoms with van der Waals surface area (Å²) in [7, 11) is 0. The minimum absolute atomic E-state index is 0.227. The van der Waals surface area contributed by atoms with E-state index in [2.05, 4.69) is 0 Å². The largest absolute Gasteiger partial charge is 0.471 e. The van der Waals surface area contributed by atoms with E-state index < -0.39 is 23.3 Å². The van der Waals surface area contributed by atoms with Crippen molar-refractivity contribution in [3.05, 3.63) is 35.6 Å². The molecule has 1 aromatic carbocycles. The van der Waals surface area contributed by atoms with Crippen LogP contribution >= 0.6 is 0 Å². The van der Waals surface area contributed by atoms with Crippen LogP contribution in [0, 0.1) is 5.82 Å². The van der Waals surface area contributed by atoms with Crippen LogP contribution in [0.5, 0.6) is 0 Å². The monoisotopic (exact) mass is 263 g/mol. The molecule has 1 N–H and O–H groups in total. The average Bonchev–Trinajstić information content (AvgIpc) is 2.24. The Morgan fingerprint density at radius 1 is 1.28 bits per heavy atom. The molecule has 0 saturated heterocycles. The minimum Gasteiger partial charge on any atom is -0.347 e. The van der Waals surface area contributed by atoms with Crippen molar-refractivity contribution in [1.29, 1.82) is 0 Å². The number of nitrogens with one attached hydrogen (secondary N) is 1. The van der Waals surface area contributed by atoms with Crippen LogP contribution in [0.4, 0.5) is 17.6 Å². The molecule has 0 bridgehead atoms. The van der Waals surface area contributed by atoms with Gasteiger partial charge in [0.15, 0.2) is 0 Å². The molecule has 0 unspecified atom stereocenters. The number of benzene rings is 1. The van der Waals surface area contributed by atoms with Crippen LogP contribution < -0.4 is 5.32 Å². The fourth-order valence-electron chi connectivity index (χ4n) is 1.41. The predicted octanol–water partition coefficient (Wildman–Crippen LogP) is 2.78. The zero-order valence-electron chi connectivity index (χ0n) is 9.94. The molecule has 1 rings (SSSR count). The van der Waals surface area contributed by atoms with Crippen LogP contribution in [-0.4, -0.2) is 18.6 Å². The smallest absolute Gasteiger partial charge is 0.347 e. The molecular weight excluding hydrogens is 250 g/mol. The summed E-state index contributed by atoms with van der Waals surface area (Å²) in [6.45, 7) is 3.02. The molecule has 2 nitrogen and oxygen atoms in total. The molecule has 100 valence electrons. The first-order valence-corrected chi connectivity index (χ1v) is 5.24. The molecule has 0 heterocycles. The minimum atomic E-state index is -4.90. The predicted molar refractivity (Wildman–Crippen MR) is 58.5 cm³/mol. The molecule has 0 aromatic heterocycles. The van der Waals surface area contributed by atoms with Gasteiger partial charge in [-0.1, -0.05) is 26.0 Å². The van der Waals surface area contributed by atoms with Gasteiger partial charge in [-0.3, -0.25) is 4.79 Å².